The first-order valence-corrected chi connectivity index (χ1v) is 8.61. The van der Waals surface area contributed by atoms with Crippen LogP contribution in [0.2, 0.25) is 5.02 Å². The van der Waals surface area contributed by atoms with E-state index in [4.69, 9.17) is 22.1 Å². The van der Waals surface area contributed by atoms with Crippen LogP contribution in [0.3, 0.4) is 0 Å². The summed E-state index contributed by atoms with van der Waals surface area (Å²) in [6.45, 7) is 3.06. The number of amides is 1. The summed E-state index contributed by atoms with van der Waals surface area (Å²) in [4.78, 5) is 15.4. The largest absolute Gasteiger partial charge is 0.489 e. The SMILES string of the molecule is CN=C(NCc1cccc(C(N)=O)c1)NCC(C)Oc1ccc(Cl)cc1. The summed E-state index contributed by atoms with van der Waals surface area (Å²) in [5.74, 6) is 0.957. The molecule has 1 atom stereocenters. The van der Waals surface area contributed by atoms with Crippen LogP contribution < -0.4 is 21.1 Å². The Morgan fingerprint density at radius 3 is 2.62 bits per heavy atom. The van der Waals surface area contributed by atoms with Crippen molar-refractivity contribution < 1.29 is 9.53 Å². The van der Waals surface area contributed by atoms with Gasteiger partial charge in [0.1, 0.15) is 11.9 Å². The van der Waals surface area contributed by atoms with Crippen LogP contribution in [0.4, 0.5) is 0 Å². The third-order valence-corrected chi connectivity index (χ3v) is 3.85. The van der Waals surface area contributed by atoms with Gasteiger partial charge in [0.25, 0.3) is 0 Å². The van der Waals surface area contributed by atoms with Gasteiger partial charge in [-0.05, 0) is 48.9 Å². The Hall–Kier alpha value is -2.73. The van der Waals surface area contributed by atoms with Crippen molar-refractivity contribution in [3.8, 4) is 5.75 Å². The molecule has 0 aliphatic heterocycles. The number of hydrogen-bond acceptors (Lipinski definition) is 3. The first kappa shape index (κ1) is 19.6. The van der Waals surface area contributed by atoms with Gasteiger partial charge in [0.05, 0.1) is 6.54 Å². The first-order valence-electron chi connectivity index (χ1n) is 8.23. The first-order chi connectivity index (χ1) is 12.5. The number of nitrogens with one attached hydrogen (secondary N) is 2. The van der Waals surface area contributed by atoms with Crippen molar-refractivity contribution in [3.63, 3.8) is 0 Å². The number of nitrogens with two attached hydrogens (primary N) is 1. The number of guanidine groups is 1. The molecule has 26 heavy (non-hydrogen) atoms. The molecule has 0 saturated heterocycles. The third kappa shape index (κ3) is 6.29. The highest BCUT2D eigenvalue weighted by atomic mass is 35.5. The lowest BCUT2D eigenvalue weighted by Gasteiger charge is -2.18. The van der Waals surface area contributed by atoms with Gasteiger partial charge in [0, 0.05) is 24.2 Å². The van der Waals surface area contributed by atoms with Crippen molar-refractivity contribution in [2.24, 2.45) is 10.7 Å². The Balaban J connectivity index is 1.81. The Bertz CT molecular complexity index is 762. The fraction of sp³-hybridized carbons (Fsp3) is 0.263. The van der Waals surface area contributed by atoms with Gasteiger partial charge in [-0.1, -0.05) is 23.7 Å². The molecule has 0 heterocycles. The van der Waals surface area contributed by atoms with Gasteiger partial charge in [0.15, 0.2) is 5.96 Å². The molecule has 0 fully saturated rings. The molecule has 0 aliphatic carbocycles. The molecule has 0 bridgehead atoms. The monoisotopic (exact) mass is 374 g/mol. The van der Waals surface area contributed by atoms with Crippen molar-refractivity contribution in [1.29, 1.82) is 0 Å². The Morgan fingerprint density at radius 1 is 1.23 bits per heavy atom. The smallest absolute Gasteiger partial charge is 0.248 e. The molecule has 4 N–H and O–H groups in total. The summed E-state index contributed by atoms with van der Waals surface area (Å²) in [5.41, 5.74) is 6.72. The summed E-state index contributed by atoms with van der Waals surface area (Å²) < 4.78 is 5.81. The molecule has 0 aromatic heterocycles. The van der Waals surface area contributed by atoms with Crippen molar-refractivity contribution in [2.45, 2.75) is 19.6 Å². The molecule has 2 aromatic rings. The van der Waals surface area contributed by atoms with E-state index >= 15 is 0 Å². The average molecular weight is 375 g/mol. The number of carbonyl (C=O) groups excluding carboxylic acids is 1. The number of carbonyl (C=O) groups is 1. The van der Waals surface area contributed by atoms with Crippen LogP contribution in [0.1, 0.15) is 22.8 Å². The molecule has 6 nitrogen and oxygen atoms in total. The fourth-order valence-electron chi connectivity index (χ4n) is 2.27. The second-order valence-electron chi connectivity index (χ2n) is 5.75. The van der Waals surface area contributed by atoms with E-state index < -0.39 is 5.91 Å². The molecular weight excluding hydrogens is 352 g/mol. The minimum Gasteiger partial charge on any atom is -0.489 e. The number of nitrogens with zero attached hydrogens (tertiary/aromatic N) is 1. The zero-order valence-electron chi connectivity index (χ0n) is 14.8. The van der Waals surface area contributed by atoms with Gasteiger partial charge in [-0.3, -0.25) is 9.79 Å². The van der Waals surface area contributed by atoms with Gasteiger partial charge >= 0.3 is 0 Å². The Morgan fingerprint density at radius 2 is 1.96 bits per heavy atom. The molecule has 2 aromatic carbocycles. The zero-order valence-corrected chi connectivity index (χ0v) is 15.6. The van der Waals surface area contributed by atoms with E-state index in [9.17, 15) is 4.79 Å². The van der Waals surface area contributed by atoms with E-state index in [1.165, 1.54) is 0 Å². The van der Waals surface area contributed by atoms with E-state index in [-0.39, 0.29) is 6.10 Å². The maximum atomic E-state index is 11.2. The van der Waals surface area contributed by atoms with Crippen LogP contribution in [-0.4, -0.2) is 31.6 Å². The van der Waals surface area contributed by atoms with Crippen LogP contribution in [0.15, 0.2) is 53.5 Å². The highest BCUT2D eigenvalue weighted by Gasteiger charge is 2.07. The van der Waals surface area contributed by atoms with Crippen LogP contribution >= 0.6 is 11.6 Å². The Kier molecular flexibility index (Phi) is 7.29. The predicted octanol–water partition coefficient (Wildman–Crippen LogP) is 2.57. The number of ether oxygens (including phenoxy) is 1. The zero-order chi connectivity index (χ0) is 18.9. The molecule has 0 aliphatic rings. The van der Waals surface area contributed by atoms with Crippen molar-refractivity contribution in [3.05, 3.63) is 64.7 Å². The quantitative estimate of drug-likeness (QED) is 0.513. The topological polar surface area (TPSA) is 88.7 Å². The number of benzene rings is 2. The Labute approximate surface area is 158 Å². The summed E-state index contributed by atoms with van der Waals surface area (Å²) in [6.07, 6.45) is -0.0621. The number of halogens is 1. The second kappa shape index (κ2) is 9.68. The van der Waals surface area contributed by atoms with Crippen LogP contribution in [0.5, 0.6) is 5.75 Å². The summed E-state index contributed by atoms with van der Waals surface area (Å²) in [6, 6.07) is 14.4. The van der Waals surface area contributed by atoms with Crippen LogP contribution in [0, 0.1) is 0 Å². The van der Waals surface area contributed by atoms with E-state index in [0.29, 0.717) is 29.6 Å². The molecule has 1 amide bonds. The fourth-order valence-corrected chi connectivity index (χ4v) is 2.39. The third-order valence-electron chi connectivity index (χ3n) is 3.60. The predicted molar refractivity (Wildman–Crippen MR) is 105 cm³/mol. The van der Waals surface area contributed by atoms with E-state index in [1.807, 2.05) is 25.1 Å². The molecule has 1 unspecified atom stereocenters. The summed E-state index contributed by atoms with van der Waals surface area (Å²) in [7, 11) is 1.69. The van der Waals surface area contributed by atoms with Crippen molar-refractivity contribution in [1.82, 2.24) is 10.6 Å². The molecule has 0 radical (unpaired) electrons. The van der Waals surface area contributed by atoms with Gasteiger partial charge in [-0.2, -0.15) is 0 Å². The van der Waals surface area contributed by atoms with Gasteiger partial charge in [-0.15, -0.1) is 0 Å². The minimum absolute atomic E-state index is 0.0621. The standard InChI is InChI=1S/C19H23ClN4O2/c1-13(26-17-8-6-16(20)7-9-17)11-23-19(22-2)24-12-14-4-3-5-15(10-14)18(21)25/h3-10,13H,11-12H2,1-2H3,(H2,21,25)(H2,22,23,24). The van der Waals surface area contributed by atoms with Gasteiger partial charge in [-0.25, -0.2) is 0 Å². The van der Waals surface area contributed by atoms with Crippen molar-refractivity contribution >= 4 is 23.5 Å². The van der Waals surface area contributed by atoms with Crippen LogP contribution in [-0.2, 0) is 6.54 Å². The highest BCUT2D eigenvalue weighted by Crippen LogP contribution is 2.16. The van der Waals surface area contributed by atoms with E-state index in [2.05, 4.69) is 15.6 Å². The lowest BCUT2D eigenvalue weighted by Crippen LogP contribution is -2.41. The van der Waals surface area contributed by atoms with Gasteiger partial charge in [0.2, 0.25) is 5.91 Å². The average Bonchev–Trinajstić information content (AvgIpc) is 2.64. The molecule has 7 heteroatoms. The van der Waals surface area contributed by atoms with Crippen molar-refractivity contribution in [2.75, 3.05) is 13.6 Å². The molecule has 0 spiro atoms. The van der Waals surface area contributed by atoms with E-state index in [1.54, 1.807) is 37.4 Å². The van der Waals surface area contributed by atoms with E-state index in [0.717, 1.165) is 11.3 Å². The molecule has 0 saturated carbocycles. The number of rotatable bonds is 7. The molecular formula is C19H23ClN4O2. The number of aliphatic imine (C=N–C) groups is 1. The van der Waals surface area contributed by atoms with Gasteiger partial charge < -0.3 is 21.1 Å². The lowest BCUT2D eigenvalue weighted by atomic mass is 10.1. The second-order valence-corrected chi connectivity index (χ2v) is 6.19. The summed E-state index contributed by atoms with van der Waals surface area (Å²) in [5, 5.41) is 7.07. The highest BCUT2D eigenvalue weighted by molar-refractivity contribution is 6.30. The molecule has 138 valence electrons. The maximum Gasteiger partial charge on any atom is 0.248 e. The maximum absolute atomic E-state index is 11.2. The molecule has 2 rings (SSSR count). The normalized spacial score (nSPS) is 12.3. The lowest BCUT2D eigenvalue weighted by molar-refractivity contribution is 0.1000. The minimum atomic E-state index is -0.442. The van der Waals surface area contributed by atoms with Crippen LogP contribution in [0.25, 0.3) is 0 Å². The number of primary amides is 1. The number of hydrogen-bond donors (Lipinski definition) is 3. The summed E-state index contributed by atoms with van der Waals surface area (Å²) >= 11 is 5.86.